The maximum absolute atomic E-state index is 11.8. The van der Waals surface area contributed by atoms with E-state index in [1.165, 1.54) is 0 Å². The minimum atomic E-state index is -0.309. The fourth-order valence-corrected chi connectivity index (χ4v) is 1.80. The molecule has 0 aliphatic carbocycles. The summed E-state index contributed by atoms with van der Waals surface area (Å²) < 4.78 is 5.04. The van der Waals surface area contributed by atoms with Crippen molar-refractivity contribution in [1.82, 2.24) is 10.7 Å². The fourth-order valence-electron chi connectivity index (χ4n) is 1.80. The molecule has 1 aliphatic rings. The Balaban J connectivity index is 2.94. The van der Waals surface area contributed by atoms with E-state index < -0.39 is 0 Å². The van der Waals surface area contributed by atoms with Crippen LogP contribution in [0.3, 0.4) is 0 Å². The number of aliphatic imine (C=N–C) groups is 1. The monoisotopic (exact) mass is 240 g/mol. The molecule has 0 bridgehead atoms. The van der Waals surface area contributed by atoms with Gasteiger partial charge in [-0.25, -0.2) is 15.6 Å². The quantitative estimate of drug-likeness (QED) is 0.376. The highest BCUT2D eigenvalue weighted by Crippen LogP contribution is 2.20. The third kappa shape index (κ3) is 3.20. The molecule has 0 saturated carbocycles. The van der Waals surface area contributed by atoms with Crippen molar-refractivity contribution >= 4 is 11.9 Å². The van der Waals surface area contributed by atoms with Crippen LogP contribution in [-0.4, -0.2) is 24.6 Å². The Bertz CT molecular complexity index is 349. The number of carbonyl (C=O) groups excluding carboxylic acids is 1. The van der Waals surface area contributed by atoms with Crippen LogP contribution in [-0.2, 0) is 9.53 Å². The van der Waals surface area contributed by atoms with E-state index in [4.69, 9.17) is 10.6 Å². The Morgan fingerprint density at radius 3 is 2.82 bits per heavy atom. The first-order valence-electron chi connectivity index (χ1n) is 5.83. The van der Waals surface area contributed by atoms with Gasteiger partial charge in [0.25, 0.3) is 0 Å². The van der Waals surface area contributed by atoms with Crippen molar-refractivity contribution in [2.75, 3.05) is 6.61 Å². The molecule has 0 unspecified atom stereocenters. The van der Waals surface area contributed by atoms with E-state index in [1.54, 1.807) is 6.92 Å². The molecule has 0 radical (unpaired) electrons. The lowest BCUT2D eigenvalue weighted by Crippen LogP contribution is -2.45. The zero-order valence-electron chi connectivity index (χ0n) is 10.5. The molecule has 4 N–H and O–H groups in total. The number of ether oxygens (including phenoxy) is 1. The first-order valence-corrected chi connectivity index (χ1v) is 5.83. The summed E-state index contributed by atoms with van der Waals surface area (Å²) in [5.41, 5.74) is 3.80. The number of carbonyl (C=O) groups is 1. The van der Waals surface area contributed by atoms with Crippen LogP contribution in [0.2, 0.25) is 0 Å². The van der Waals surface area contributed by atoms with Gasteiger partial charge in [-0.3, -0.25) is 5.43 Å². The van der Waals surface area contributed by atoms with Gasteiger partial charge in [0.15, 0.2) is 0 Å². The van der Waals surface area contributed by atoms with E-state index in [0.29, 0.717) is 18.1 Å². The Labute approximate surface area is 101 Å². The number of allylic oxidation sites excluding steroid dienone is 1. The fraction of sp³-hybridized carbons (Fsp3) is 0.636. The summed E-state index contributed by atoms with van der Waals surface area (Å²) in [5.74, 6) is 5.49. The summed E-state index contributed by atoms with van der Waals surface area (Å²) in [5, 5.41) is 2.94. The average molecular weight is 240 g/mol. The maximum atomic E-state index is 11.8. The lowest BCUT2D eigenvalue weighted by atomic mass is 10.00. The molecule has 0 spiro atoms. The van der Waals surface area contributed by atoms with Crippen molar-refractivity contribution < 1.29 is 9.53 Å². The van der Waals surface area contributed by atoms with Gasteiger partial charge in [-0.05, 0) is 20.3 Å². The van der Waals surface area contributed by atoms with Gasteiger partial charge < -0.3 is 10.1 Å². The molecule has 0 amide bonds. The highest BCUT2D eigenvalue weighted by molar-refractivity contribution is 5.94. The van der Waals surface area contributed by atoms with E-state index in [2.05, 4.69) is 15.7 Å². The third-order valence-electron chi connectivity index (χ3n) is 2.52. The van der Waals surface area contributed by atoms with Crippen LogP contribution in [0.25, 0.3) is 0 Å². The molecule has 1 atom stereocenters. The van der Waals surface area contributed by atoms with Crippen molar-refractivity contribution in [1.29, 1.82) is 0 Å². The average Bonchev–Trinajstić information content (AvgIpc) is 2.29. The molecule has 1 aliphatic heterocycles. The second-order valence-corrected chi connectivity index (χ2v) is 3.81. The predicted octanol–water partition coefficient (Wildman–Crippen LogP) is 0.415. The highest BCUT2D eigenvalue weighted by Gasteiger charge is 2.27. The van der Waals surface area contributed by atoms with Crippen molar-refractivity contribution in [2.45, 2.75) is 39.7 Å². The minimum absolute atomic E-state index is 0.189. The highest BCUT2D eigenvalue weighted by atomic mass is 16.5. The van der Waals surface area contributed by atoms with Crippen LogP contribution in [0, 0.1) is 0 Å². The molecule has 1 rings (SSSR count). The molecule has 0 aromatic rings. The van der Waals surface area contributed by atoms with Crippen LogP contribution in [0.1, 0.15) is 33.6 Å². The summed E-state index contributed by atoms with van der Waals surface area (Å²) in [6.45, 7) is 6.02. The molecule has 17 heavy (non-hydrogen) atoms. The molecular formula is C11H20N4O2. The summed E-state index contributed by atoms with van der Waals surface area (Å²) in [4.78, 5) is 16.2. The molecule has 6 heteroatoms. The Hall–Kier alpha value is -1.56. The molecule has 0 fully saturated rings. The number of nitrogens with zero attached hydrogens (tertiary/aromatic N) is 1. The zero-order valence-corrected chi connectivity index (χ0v) is 10.5. The first-order chi connectivity index (χ1) is 8.13. The van der Waals surface area contributed by atoms with Crippen LogP contribution >= 0.6 is 0 Å². The number of hydrogen-bond donors (Lipinski definition) is 3. The lowest BCUT2D eigenvalue weighted by Gasteiger charge is -2.24. The molecule has 0 aromatic heterocycles. The molecule has 0 aromatic carbocycles. The molecule has 0 saturated heterocycles. The van der Waals surface area contributed by atoms with Crippen molar-refractivity contribution in [3.8, 4) is 0 Å². The number of hydrazine groups is 1. The topological polar surface area (TPSA) is 88.7 Å². The summed E-state index contributed by atoms with van der Waals surface area (Å²) in [6.07, 6.45) is 1.72. The standard InChI is InChI=1S/C11H20N4O2/c1-4-6-8-9(10(16)17-5-2)7(3)13-11(14-8)15-12/h8H,4-6,12H2,1-3H3,(H2,13,14,15)/t8-/m1/s1. The zero-order chi connectivity index (χ0) is 12.8. The maximum Gasteiger partial charge on any atom is 0.337 e. The van der Waals surface area contributed by atoms with E-state index >= 15 is 0 Å². The third-order valence-corrected chi connectivity index (χ3v) is 2.52. The van der Waals surface area contributed by atoms with Crippen LogP contribution in [0.15, 0.2) is 16.3 Å². The molecule has 6 nitrogen and oxygen atoms in total. The van der Waals surface area contributed by atoms with Gasteiger partial charge in [-0.2, -0.15) is 0 Å². The molecular weight excluding hydrogens is 220 g/mol. The van der Waals surface area contributed by atoms with Crippen molar-refractivity contribution in [3.63, 3.8) is 0 Å². The Morgan fingerprint density at radius 1 is 1.59 bits per heavy atom. The molecule has 1 heterocycles. The summed E-state index contributed by atoms with van der Waals surface area (Å²) in [6, 6.07) is -0.189. The van der Waals surface area contributed by atoms with Crippen LogP contribution in [0.4, 0.5) is 0 Å². The number of nitrogens with one attached hydrogen (secondary N) is 2. The van der Waals surface area contributed by atoms with Crippen LogP contribution in [0.5, 0.6) is 0 Å². The van der Waals surface area contributed by atoms with Gasteiger partial charge in [0, 0.05) is 5.70 Å². The number of guanidine groups is 1. The molecule has 96 valence electrons. The van der Waals surface area contributed by atoms with Crippen LogP contribution < -0.4 is 16.6 Å². The van der Waals surface area contributed by atoms with E-state index in [9.17, 15) is 4.79 Å². The summed E-state index contributed by atoms with van der Waals surface area (Å²) in [7, 11) is 0. The second kappa shape index (κ2) is 6.24. The Kier molecular flexibility index (Phi) is 4.96. The van der Waals surface area contributed by atoms with E-state index in [0.717, 1.165) is 18.5 Å². The van der Waals surface area contributed by atoms with E-state index in [-0.39, 0.29) is 12.0 Å². The minimum Gasteiger partial charge on any atom is -0.463 e. The van der Waals surface area contributed by atoms with Gasteiger partial charge >= 0.3 is 5.97 Å². The number of hydrogen-bond acceptors (Lipinski definition) is 6. The van der Waals surface area contributed by atoms with Crippen molar-refractivity contribution in [2.24, 2.45) is 10.8 Å². The van der Waals surface area contributed by atoms with E-state index in [1.807, 2.05) is 13.8 Å². The SMILES string of the molecule is CCC[C@H]1N=C(NN)NC(C)=C1C(=O)OCC. The summed E-state index contributed by atoms with van der Waals surface area (Å²) >= 11 is 0. The predicted molar refractivity (Wildman–Crippen MR) is 65.9 cm³/mol. The van der Waals surface area contributed by atoms with Gasteiger partial charge in [-0.1, -0.05) is 13.3 Å². The largest absolute Gasteiger partial charge is 0.463 e. The Morgan fingerprint density at radius 2 is 2.29 bits per heavy atom. The number of esters is 1. The number of rotatable bonds is 4. The smallest absolute Gasteiger partial charge is 0.337 e. The second-order valence-electron chi connectivity index (χ2n) is 3.81. The van der Waals surface area contributed by atoms with Crippen molar-refractivity contribution in [3.05, 3.63) is 11.3 Å². The lowest BCUT2D eigenvalue weighted by molar-refractivity contribution is -0.138. The number of nitrogens with two attached hydrogens (primary N) is 1. The first kappa shape index (κ1) is 13.5. The van der Waals surface area contributed by atoms with Gasteiger partial charge in [0.05, 0.1) is 18.2 Å². The van der Waals surface area contributed by atoms with Gasteiger partial charge in [0.1, 0.15) is 0 Å². The van der Waals surface area contributed by atoms with Gasteiger partial charge in [-0.15, -0.1) is 0 Å². The van der Waals surface area contributed by atoms with Gasteiger partial charge in [0.2, 0.25) is 5.96 Å². The normalized spacial score (nSPS) is 19.5.